The van der Waals surface area contributed by atoms with Crippen LogP contribution in [0.4, 0.5) is 5.69 Å². The van der Waals surface area contributed by atoms with Crippen molar-refractivity contribution in [3.63, 3.8) is 0 Å². The lowest BCUT2D eigenvalue weighted by molar-refractivity contribution is 0.0648. The number of fused-ring (bicyclic) bond motifs is 2. The van der Waals surface area contributed by atoms with Crippen molar-refractivity contribution in [2.75, 3.05) is 6.54 Å². The number of hydrogen-bond acceptors (Lipinski definition) is 6. The highest BCUT2D eigenvalue weighted by Crippen LogP contribution is 2.22. The van der Waals surface area contributed by atoms with E-state index in [-0.39, 0.29) is 30.5 Å². The Morgan fingerprint density at radius 1 is 0.875 bits per heavy atom. The van der Waals surface area contributed by atoms with E-state index >= 15 is 0 Å². The van der Waals surface area contributed by atoms with Crippen LogP contribution in [0, 0.1) is 0 Å². The van der Waals surface area contributed by atoms with Crippen molar-refractivity contribution in [1.82, 2.24) is 14.5 Å². The van der Waals surface area contributed by atoms with Crippen molar-refractivity contribution >= 4 is 50.7 Å². The van der Waals surface area contributed by atoms with E-state index in [0.29, 0.717) is 36.9 Å². The number of pyridine rings is 1. The van der Waals surface area contributed by atoms with Crippen LogP contribution in [0.5, 0.6) is 0 Å². The third-order valence-electron chi connectivity index (χ3n) is 5.14. The molecule has 0 atom stereocenters. The molecule has 0 unspecified atom stereocenters. The Morgan fingerprint density at radius 2 is 1.56 bits per heavy atom. The van der Waals surface area contributed by atoms with E-state index in [1.165, 1.54) is 20.8 Å². The van der Waals surface area contributed by atoms with Gasteiger partial charge >= 0.3 is 0 Å². The highest BCUT2D eigenvalue weighted by atomic mass is 35.5. The summed E-state index contributed by atoms with van der Waals surface area (Å²) >= 11 is 7.23. The molecule has 0 fully saturated rings. The maximum atomic E-state index is 13.2. The summed E-state index contributed by atoms with van der Waals surface area (Å²) in [6.07, 6.45) is 1.62. The summed E-state index contributed by atoms with van der Waals surface area (Å²) in [4.78, 5) is 49.7. The summed E-state index contributed by atoms with van der Waals surface area (Å²) < 4.78 is 1.48. The molecule has 2 amide bonds. The van der Waals surface area contributed by atoms with Crippen LogP contribution in [0.3, 0.4) is 0 Å². The van der Waals surface area contributed by atoms with Gasteiger partial charge in [0.25, 0.3) is 17.4 Å². The molecular formula is C23H15ClN4O3S. The fourth-order valence-corrected chi connectivity index (χ4v) is 4.67. The van der Waals surface area contributed by atoms with E-state index in [0.717, 1.165) is 0 Å². The Morgan fingerprint density at radius 3 is 2.25 bits per heavy atom. The van der Waals surface area contributed by atoms with Crippen molar-refractivity contribution in [3.8, 4) is 0 Å². The molecule has 0 aliphatic carbocycles. The zero-order valence-corrected chi connectivity index (χ0v) is 18.1. The number of benzene rings is 2. The van der Waals surface area contributed by atoms with Crippen molar-refractivity contribution in [1.29, 1.82) is 0 Å². The van der Waals surface area contributed by atoms with Crippen LogP contribution in [-0.2, 0) is 6.54 Å². The summed E-state index contributed by atoms with van der Waals surface area (Å²) in [5.74, 6) is -0.720. The first kappa shape index (κ1) is 20.3. The zero-order valence-electron chi connectivity index (χ0n) is 16.6. The van der Waals surface area contributed by atoms with E-state index in [4.69, 9.17) is 11.6 Å². The van der Waals surface area contributed by atoms with Gasteiger partial charge in [0, 0.05) is 24.3 Å². The minimum atomic E-state index is -0.360. The largest absolute Gasteiger partial charge is 0.282 e. The molecule has 4 aromatic rings. The topological polar surface area (TPSA) is 84.6 Å². The van der Waals surface area contributed by atoms with Crippen molar-refractivity contribution in [2.45, 2.75) is 6.54 Å². The summed E-state index contributed by atoms with van der Waals surface area (Å²) in [5.41, 5.74) is 1.09. The van der Waals surface area contributed by atoms with E-state index in [2.05, 4.69) is 9.98 Å². The molecule has 0 radical (unpaired) electrons. The van der Waals surface area contributed by atoms with Crippen LogP contribution in [0.2, 0.25) is 5.02 Å². The van der Waals surface area contributed by atoms with Gasteiger partial charge < -0.3 is 0 Å². The minimum Gasteiger partial charge on any atom is -0.282 e. The standard InChI is InChI=1S/C23H15ClN4O3S/c24-14-7-9-15(10-8-14)26-23-28(22(31)18-6-3-11-25-19(18)32-23)13-12-27-20(29)16-4-1-2-5-17(16)21(27)30/h1-11H,12-13H2/b26-23-. The van der Waals surface area contributed by atoms with Gasteiger partial charge in [0.15, 0.2) is 4.80 Å². The molecule has 0 saturated heterocycles. The molecule has 1 aliphatic heterocycles. The van der Waals surface area contributed by atoms with E-state index in [9.17, 15) is 14.4 Å². The molecule has 0 spiro atoms. The third kappa shape index (κ3) is 3.53. The molecule has 2 aromatic heterocycles. The molecule has 158 valence electrons. The average molecular weight is 463 g/mol. The fourth-order valence-electron chi connectivity index (χ4n) is 3.56. The lowest BCUT2D eigenvalue weighted by atomic mass is 10.1. The van der Waals surface area contributed by atoms with E-state index in [1.807, 2.05) is 0 Å². The first-order valence-electron chi connectivity index (χ1n) is 9.77. The second-order valence-electron chi connectivity index (χ2n) is 7.09. The molecule has 3 heterocycles. The molecule has 0 N–H and O–H groups in total. The fraction of sp³-hybridized carbons (Fsp3) is 0.0870. The lowest BCUT2D eigenvalue weighted by Gasteiger charge is -2.15. The quantitative estimate of drug-likeness (QED) is 0.433. The van der Waals surface area contributed by atoms with Crippen LogP contribution in [0.1, 0.15) is 20.7 Å². The third-order valence-corrected chi connectivity index (χ3v) is 6.41. The molecule has 0 bridgehead atoms. The molecular weight excluding hydrogens is 448 g/mol. The monoisotopic (exact) mass is 462 g/mol. The van der Waals surface area contributed by atoms with Gasteiger partial charge in [-0.3, -0.25) is 23.9 Å². The van der Waals surface area contributed by atoms with Crippen molar-refractivity contribution < 1.29 is 9.59 Å². The number of carbonyl (C=O) groups excluding carboxylic acids is 2. The number of carbonyl (C=O) groups is 2. The van der Waals surface area contributed by atoms with E-state index < -0.39 is 0 Å². The van der Waals surface area contributed by atoms with Gasteiger partial charge in [-0.2, -0.15) is 0 Å². The molecule has 9 heteroatoms. The van der Waals surface area contributed by atoms with Gasteiger partial charge in [0.05, 0.1) is 22.2 Å². The maximum absolute atomic E-state index is 13.2. The Bertz CT molecular complexity index is 1470. The smallest absolute Gasteiger partial charge is 0.263 e. The second kappa shape index (κ2) is 8.14. The normalized spacial score (nSPS) is 13.8. The van der Waals surface area contributed by atoms with Gasteiger partial charge in [-0.15, -0.1) is 0 Å². The molecule has 1 aliphatic rings. The Balaban J connectivity index is 1.57. The van der Waals surface area contributed by atoms with Crippen molar-refractivity contribution in [3.05, 3.63) is 98.2 Å². The molecule has 7 nitrogen and oxygen atoms in total. The lowest BCUT2D eigenvalue weighted by Crippen LogP contribution is -2.39. The summed E-state index contributed by atoms with van der Waals surface area (Å²) in [6, 6.07) is 17.0. The van der Waals surface area contributed by atoms with Gasteiger partial charge in [0.1, 0.15) is 4.83 Å². The number of rotatable bonds is 4. The number of amides is 2. The highest BCUT2D eigenvalue weighted by Gasteiger charge is 2.34. The van der Waals surface area contributed by atoms with Crippen LogP contribution < -0.4 is 10.4 Å². The zero-order chi connectivity index (χ0) is 22.2. The van der Waals surface area contributed by atoms with Crippen LogP contribution in [-0.4, -0.2) is 32.8 Å². The average Bonchev–Trinajstić information content (AvgIpc) is 3.05. The summed E-state index contributed by atoms with van der Waals surface area (Å²) in [7, 11) is 0. The second-order valence-corrected chi connectivity index (χ2v) is 8.49. The van der Waals surface area contributed by atoms with Crippen LogP contribution in [0.25, 0.3) is 10.2 Å². The van der Waals surface area contributed by atoms with Gasteiger partial charge in [-0.05, 0) is 48.5 Å². The Kier molecular flexibility index (Phi) is 5.16. The summed E-state index contributed by atoms with van der Waals surface area (Å²) in [5, 5.41) is 1.03. The first-order valence-corrected chi connectivity index (χ1v) is 11.0. The number of halogens is 1. The highest BCUT2D eigenvalue weighted by molar-refractivity contribution is 7.15. The van der Waals surface area contributed by atoms with Gasteiger partial charge in [0.2, 0.25) is 0 Å². The Labute approximate surface area is 190 Å². The molecule has 32 heavy (non-hydrogen) atoms. The predicted octanol–water partition coefficient (Wildman–Crippen LogP) is 3.64. The SMILES string of the molecule is O=C1c2ccccc2C(=O)N1CCn1c(=O)c2cccnc2s/c1=N\c1ccc(Cl)cc1. The first-order chi connectivity index (χ1) is 15.5. The molecule has 2 aromatic carbocycles. The van der Waals surface area contributed by atoms with Gasteiger partial charge in [-0.25, -0.2) is 9.98 Å². The molecule has 0 saturated carbocycles. The van der Waals surface area contributed by atoms with Crippen LogP contribution in [0.15, 0.2) is 76.6 Å². The number of imide groups is 1. The van der Waals surface area contributed by atoms with Crippen LogP contribution >= 0.6 is 22.9 Å². The van der Waals surface area contributed by atoms with E-state index in [1.54, 1.807) is 66.9 Å². The number of nitrogens with zero attached hydrogens (tertiary/aromatic N) is 4. The predicted molar refractivity (Wildman–Crippen MR) is 122 cm³/mol. The summed E-state index contributed by atoms with van der Waals surface area (Å²) in [6.45, 7) is 0.159. The van der Waals surface area contributed by atoms with Gasteiger partial charge in [-0.1, -0.05) is 35.1 Å². The number of aromatic nitrogens is 2. The Hall–Kier alpha value is -3.62. The maximum Gasteiger partial charge on any atom is 0.263 e. The minimum absolute atomic E-state index is 0.0495. The number of hydrogen-bond donors (Lipinski definition) is 0. The molecule has 5 rings (SSSR count). The van der Waals surface area contributed by atoms with Crippen molar-refractivity contribution in [2.24, 2.45) is 4.99 Å².